The quantitative estimate of drug-likeness (QED) is 0.824. The second kappa shape index (κ2) is 8.57. The van der Waals surface area contributed by atoms with Gasteiger partial charge in [-0.15, -0.1) is 0 Å². The lowest BCUT2D eigenvalue weighted by molar-refractivity contribution is 0.102. The maximum Gasteiger partial charge on any atom is 0.255 e. The molecule has 0 radical (unpaired) electrons. The molecule has 0 aromatic heterocycles. The molecule has 2 aromatic carbocycles. The normalized spacial score (nSPS) is 9.91. The maximum absolute atomic E-state index is 12.2. The van der Waals surface area contributed by atoms with Gasteiger partial charge in [0.25, 0.3) is 5.91 Å². The summed E-state index contributed by atoms with van der Waals surface area (Å²) in [4.78, 5) is 14.1. The van der Waals surface area contributed by atoms with Crippen molar-refractivity contribution in [2.75, 3.05) is 29.9 Å². The molecule has 2 aromatic rings. The van der Waals surface area contributed by atoms with Crippen LogP contribution in [0.4, 0.5) is 11.4 Å². The van der Waals surface area contributed by atoms with Gasteiger partial charge in [-0.05, 0) is 30.3 Å². The zero-order chi connectivity index (χ0) is 16.5. The van der Waals surface area contributed by atoms with Gasteiger partial charge in [-0.3, -0.25) is 4.79 Å². The van der Waals surface area contributed by atoms with Gasteiger partial charge in [0, 0.05) is 30.0 Å². The van der Waals surface area contributed by atoms with Crippen molar-refractivity contribution in [1.82, 2.24) is 0 Å². The molecule has 5 nitrogen and oxygen atoms in total. The summed E-state index contributed by atoms with van der Waals surface area (Å²) in [6.07, 6.45) is 0.376. The van der Waals surface area contributed by atoms with Crippen LogP contribution in [-0.4, -0.2) is 30.7 Å². The Hall–Kier alpha value is -2.84. The number of amides is 1. The molecule has 118 valence electrons. The molecule has 1 amide bonds. The average Bonchev–Trinajstić information content (AvgIpc) is 2.59. The summed E-state index contributed by atoms with van der Waals surface area (Å²) < 4.78 is 0. The summed E-state index contributed by atoms with van der Waals surface area (Å²) in [6, 6.07) is 18.5. The minimum Gasteiger partial charge on any atom is -0.395 e. The molecule has 0 atom stereocenters. The van der Waals surface area contributed by atoms with E-state index in [-0.39, 0.29) is 12.5 Å². The van der Waals surface area contributed by atoms with Gasteiger partial charge in [0.05, 0.1) is 19.1 Å². The fourth-order valence-corrected chi connectivity index (χ4v) is 2.25. The standard InChI is InChI=1S/C18H19N3O2/c19-10-5-11-21(12-13-22)17-9-4-8-16(14-17)20-18(23)15-6-2-1-3-7-15/h1-4,6-9,14,22H,5,11-13H2,(H,20,23). The van der Waals surface area contributed by atoms with Gasteiger partial charge in [0.1, 0.15) is 0 Å². The molecule has 5 heteroatoms. The highest BCUT2D eigenvalue weighted by molar-refractivity contribution is 6.04. The van der Waals surface area contributed by atoms with Crippen LogP contribution in [0.3, 0.4) is 0 Å². The van der Waals surface area contributed by atoms with Crippen LogP contribution in [0.25, 0.3) is 0 Å². The number of hydrogen-bond acceptors (Lipinski definition) is 4. The molecule has 23 heavy (non-hydrogen) atoms. The van der Waals surface area contributed by atoms with Gasteiger partial charge in [0.2, 0.25) is 0 Å². The number of nitrogens with zero attached hydrogens (tertiary/aromatic N) is 2. The number of benzene rings is 2. The molecule has 0 heterocycles. The minimum atomic E-state index is -0.173. The zero-order valence-corrected chi connectivity index (χ0v) is 12.8. The van der Waals surface area contributed by atoms with Crippen LogP contribution < -0.4 is 10.2 Å². The number of rotatable bonds is 7. The molecule has 0 aliphatic heterocycles. The van der Waals surface area contributed by atoms with Crippen molar-refractivity contribution in [1.29, 1.82) is 5.26 Å². The summed E-state index contributed by atoms with van der Waals surface area (Å²) >= 11 is 0. The molecular weight excluding hydrogens is 290 g/mol. The van der Waals surface area contributed by atoms with Crippen molar-refractivity contribution in [3.63, 3.8) is 0 Å². The highest BCUT2D eigenvalue weighted by Crippen LogP contribution is 2.20. The van der Waals surface area contributed by atoms with Crippen LogP contribution in [0.15, 0.2) is 54.6 Å². The summed E-state index contributed by atoms with van der Waals surface area (Å²) in [6.45, 7) is 0.983. The molecule has 0 saturated heterocycles. The Morgan fingerprint density at radius 1 is 1.13 bits per heavy atom. The van der Waals surface area contributed by atoms with Gasteiger partial charge in [0.15, 0.2) is 0 Å². The van der Waals surface area contributed by atoms with Crippen LogP contribution in [0.2, 0.25) is 0 Å². The Balaban J connectivity index is 2.12. The Kier molecular flexibility index (Phi) is 6.16. The van der Waals surface area contributed by atoms with Crippen molar-refractivity contribution in [2.45, 2.75) is 6.42 Å². The number of aliphatic hydroxyl groups is 1. The highest BCUT2D eigenvalue weighted by atomic mass is 16.3. The van der Waals surface area contributed by atoms with E-state index in [9.17, 15) is 4.79 Å². The maximum atomic E-state index is 12.2. The largest absolute Gasteiger partial charge is 0.395 e. The Bertz CT molecular complexity index is 680. The van der Waals surface area contributed by atoms with E-state index >= 15 is 0 Å². The fraction of sp³-hybridized carbons (Fsp3) is 0.222. The second-order valence-electron chi connectivity index (χ2n) is 4.99. The second-order valence-corrected chi connectivity index (χ2v) is 4.99. The van der Waals surface area contributed by atoms with E-state index in [1.54, 1.807) is 12.1 Å². The number of carbonyl (C=O) groups is 1. The van der Waals surface area contributed by atoms with Gasteiger partial charge in [-0.25, -0.2) is 0 Å². The van der Waals surface area contributed by atoms with Crippen molar-refractivity contribution in [3.05, 3.63) is 60.2 Å². The van der Waals surface area contributed by atoms with E-state index in [1.807, 2.05) is 47.4 Å². The lowest BCUT2D eigenvalue weighted by Crippen LogP contribution is -2.27. The molecular formula is C18H19N3O2. The third-order valence-corrected chi connectivity index (χ3v) is 3.37. The molecule has 0 bridgehead atoms. The molecule has 0 unspecified atom stereocenters. The monoisotopic (exact) mass is 309 g/mol. The third-order valence-electron chi connectivity index (χ3n) is 3.37. The van der Waals surface area contributed by atoms with E-state index in [4.69, 9.17) is 10.4 Å². The predicted octanol–water partition coefficient (Wildman–Crippen LogP) is 2.65. The van der Waals surface area contributed by atoms with Gasteiger partial charge in [-0.1, -0.05) is 24.3 Å². The number of anilines is 2. The lowest BCUT2D eigenvalue weighted by atomic mass is 10.2. The number of nitriles is 1. The first kappa shape index (κ1) is 16.5. The Morgan fingerprint density at radius 3 is 2.61 bits per heavy atom. The Morgan fingerprint density at radius 2 is 1.91 bits per heavy atom. The van der Waals surface area contributed by atoms with E-state index in [2.05, 4.69) is 11.4 Å². The van der Waals surface area contributed by atoms with Crippen molar-refractivity contribution in [3.8, 4) is 6.07 Å². The van der Waals surface area contributed by atoms with E-state index < -0.39 is 0 Å². The summed E-state index contributed by atoms with van der Waals surface area (Å²) in [7, 11) is 0. The van der Waals surface area contributed by atoms with E-state index in [0.29, 0.717) is 30.8 Å². The molecule has 2 N–H and O–H groups in total. The molecule has 0 aliphatic rings. The van der Waals surface area contributed by atoms with Crippen molar-refractivity contribution in [2.24, 2.45) is 0 Å². The molecule has 0 saturated carbocycles. The van der Waals surface area contributed by atoms with E-state index in [1.165, 1.54) is 0 Å². The fourth-order valence-electron chi connectivity index (χ4n) is 2.25. The summed E-state index contributed by atoms with van der Waals surface area (Å²) in [5.41, 5.74) is 2.13. The zero-order valence-electron chi connectivity index (χ0n) is 12.8. The number of nitrogens with one attached hydrogen (secondary N) is 1. The van der Waals surface area contributed by atoms with Crippen LogP contribution in [0.5, 0.6) is 0 Å². The summed E-state index contributed by atoms with van der Waals surface area (Å²) in [5.74, 6) is -0.173. The van der Waals surface area contributed by atoms with E-state index in [0.717, 1.165) is 5.69 Å². The molecule has 0 fully saturated rings. The number of carbonyl (C=O) groups excluding carboxylic acids is 1. The predicted molar refractivity (Wildman–Crippen MR) is 90.4 cm³/mol. The SMILES string of the molecule is N#CCCN(CCO)c1cccc(NC(=O)c2ccccc2)c1. The first-order chi connectivity index (χ1) is 11.2. The number of hydrogen-bond donors (Lipinski definition) is 2. The van der Waals surface area contributed by atoms with Crippen LogP contribution in [0.1, 0.15) is 16.8 Å². The molecule has 0 aliphatic carbocycles. The van der Waals surface area contributed by atoms with Crippen LogP contribution in [-0.2, 0) is 0 Å². The van der Waals surface area contributed by atoms with Gasteiger partial charge >= 0.3 is 0 Å². The van der Waals surface area contributed by atoms with Crippen LogP contribution >= 0.6 is 0 Å². The van der Waals surface area contributed by atoms with Crippen molar-refractivity contribution >= 4 is 17.3 Å². The smallest absolute Gasteiger partial charge is 0.255 e. The molecule has 2 rings (SSSR count). The molecule has 0 spiro atoms. The lowest BCUT2D eigenvalue weighted by Gasteiger charge is -2.23. The van der Waals surface area contributed by atoms with Gasteiger partial charge < -0.3 is 15.3 Å². The summed E-state index contributed by atoms with van der Waals surface area (Å²) in [5, 5.41) is 20.8. The van der Waals surface area contributed by atoms with Gasteiger partial charge in [-0.2, -0.15) is 5.26 Å². The number of aliphatic hydroxyl groups excluding tert-OH is 1. The highest BCUT2D eigenvalue weighted by Gasteiger charge is 2.09. The topological polar surface area (TPSA) is 76.4 Å². The Labute approximate surface area is 135 Å². The third kappa shape index (κ3) is 4.83. The first-order valence-corrected chi connectivity index (χ1v) is 7.44. The van der Waals surface area contributed by atoms with Crippen LogP contribution in [0, 0.1) is 11.3 Å². The minimum absolute atomic E-state index is 0.00598. The average molecular weight is 309 g/mol. The first-order valence-electron chi connectivity index (χ1n) is 7.44. The van der Waals surface area contributed by atoms with Crippen molar-refractivity contribution < 1.29 is 9.90 Å².